The molecule has 4 heterocycles. The van der Waals surface area contributed by atoms with Crippen LogP contribution in [0.2, 0.25) is 0 Å². The first-order valence-electron chi connectivity index (χ1n) is 11.9. The van der Waals surface area contributed by atoms with E-state index in [1.54, 1.807) is 15.7 Å². The van der Waals surface area contributed by atoms with Crippen molar-refractivity contribution in [2.45, 2.75) is 50.6 Å². The number of likely N-dealkylation sites (tertiary alicyclic amines) is 1. The molecule has 0 saturated carbocycles. The smallest absolute Gasteiger partial charge is 0.406 e. The Morgan fingerprint density at radius 2 is 1.94 bits per heavy atom. The van der Waals surface area contributed by atoms with Crippen LogP contribution in [0.1, 0.15) is 60.2 Å². The molecule has 2 saturated heterocycles. The number of anilines is 1. The van der Waals surface area contributed by atoms with E-state index in [9.17, 15) is 22.8 Å². The molecule has 36 heavy (non-hydrogen) atoms. The Balaban J connectivity index is 1.30. The Bertz CT molecular complexity index is 1320. The Kier molecular flexibility index (Phi) is 6.37. The van der Waals surface area contributed by atoms with Crippen LogP contribution in [0.3, 0.4) is 0 Å². The number of nitrogens with zero attached hydrogens (tertiary/aromatic N) is 3. The van der Waals surface area contributed by atoms with Gasteiger partial charge in [0, 0.05) is 49.3 Å². The van der Waals surface area contributed by atoms with E-state index in [0.717, 1.165) is 37.0 Å². The van der Waals surface area contributed by atoms with Gasteiger partial charge in [-0.1, -0.05) is 0 Å². The second-order valence-corrected chi connectivity index (χ2v) is 9.11. The number of aromatic amines is 1. The first-order chi connectivity index (χ1) is 17.2. The highest BCUT2D eigenvalue weighted by Gasteiger charge is 2.32. The van der Waals surface area contributed by atoms with Crippen molar-refractivity contribution in [2.75, 3.05) is 25.4 Å². The number of carbonyl (C=O) groups excluding carboxylic acids is 1. The number of imidazole rings is 1. The summed E-state index contributed by atoms with van der Waals surface area (Å²) in [6, 6.07) is 5.10. The van der Waals surface area contributed by atoms with Gasteiger partial charge in [0.15, 0.2) is 5.65 Å². The lowest BCUT2D eigenvalue weighted by Crippen LogP contribution is -2.40. The van der Waals surface area contributed by atoms with Crippen LogP contribution in [-0.4, -0.2) is 51.4 Å². The lowest BCUT2D eigenvalue weighted by Gasteiger charge is -2.33. The summed E-state index contributed by atoms with van der Waals surface area (Å²) in [5, 5.41) is 0. The quantitative estimate of drug-likeness (QED) is 0.520. The van der Waals surface area contributed by atoms with Crippen LogP contribution < -0.4 is 16.2 Å². The third-order valence-corrected chi connectivity index (χ3v) is 6.75. The summed E-state index contributed by atoms with van der Waals surface area (Å²) in [4.78, 5) is 34.6. The molecule has 3 N–H and O–H groups in total. The second-order valence-electron chi connectivity index (χ2n) is 9.11. The molecule has 2 aliphatic rings. The minimum Gasteiger partial charge on any atom is -0.406 e. The van der Waals surface area contributed by atoms with Crippen LogP contribution in [0.15, 0.2) is 35.3 Å². The number of nitrogen functional groups attached to an aromatic ring is 1. The largest absolute Gasteiger partial charge is 0.573 e. The lowest BCUT2D eigenvalue weighted by atomic mass is 10.0. The molecule has 5 rings (SSSR count). The topological polar surface area (TPSA) is 115 Å². The zero-order valence-electron chi connectivity index (χ0n) is 19.4. The number of halogens is 3. The van der Waals surface area contributed by atoms with E-state index in [4.69, 9.17) is 10.5 Å². The van der Waals surface area contributed by atoms with E-state index in [-0.39, 0.29) is 35.0 Å². The Labute approximate surface area is 204 Å². The highest BCUT2D eigenvalue weighted by Crippen LogP contribution is 2.32. The van der Waals surface area contributed by atoms with Gasteiger partial charge in [-0.05, 0) is 50.3 Å². The number of pyridine rings is 1. The van der Waals surface area contributed by atoms with Crippen molar-refractivity contribution in [1.29, 1.82) is 0 Å². The molecule has 0 aliphatic carbocycles. The van der Waals surface area contributed by atoms with Crippen molar-refractivity contribution in [3.63, 3.8) is 0 Å². The minimum absolute atomic E-state index is 0.0352. The summed E-state index contributed by atoms with van der Waals surface area (Å²) in [6.45, 7) is 1.43. The average Bonchev–Trinajstić information content (AvgIpc) is 3.18. The summed E-state index contributed by atoms with van der Waals surface area (Å²) >= 11 is 0. The lowest BCUT2D eigenvalue weighted by molar-refractivity contribution is -0.274. The number of nitrogens with two attached hydrogens (primary N) is 1. The third-order valence-electron chi connectivity index (χ3n) is 6.75. The summed E-state index contributed by atoms with van der Waals surface area (Å²) in [7, 11) is 0. The molecule has 2 fully saturated rings. The monoisotopic (exact) mass is 505 g/mol. The predicted molar refractivity (Wildman–Crippen MR) is 125 cm³/mol. The van der Waals surface area contributed by atoms with Crippen molar-refractivity contribution in [2.24, 2.45) is 0 Å². The number of benzene rings is 1. The fraction of sp³-hybridized carbons (Fsp3) is 0.458. The van der Waals surface area contributed by atoms with Crippen molar-refractivity contribution < 1.29 is 27.4 Å². The van der Waals surface area contributed by atoms with Gasteiger partial charge in [0.2, 0.25) is 0 Å². The van der Waals surface area contributed by atoms with Gasteiger partial charge in [0.05, 0.1) is 17.2 Å². The van der Waals surface area contributed by atoms with Gasteiger partial charge in [-0.3, -0.25) is 14.3 Å². The second kappa shape index (κ2) is 9.49. The van der Waals surface area contributed by atoms with Gasteiger partial charge in [-0.25, -0.2) is 9.78 Å². The van der Waals surface area contributed by atoms with E-state index in [0.29, 0.717) is 43.7 Å². The zero-order chi connectivity index (χ0) is 25.4. The maximum absolute atomic E-state index is 13.0. The van der Waals surface area contributed by atoms with Crippen molar-refractivity contribution in [3.05, 3.63) is 52.1 Å². The molecule has 192 valence electrons. The molecule has 0 bridgehead atoms. The van der Waals surface area contributed by atoms with Gasteiger partial charge in [0.1, 0.15) is 5.75 Å². The van der Waals surface area contributed by atoms with E-state index >= 15 is 0 Å². The standard InChI is InChI=1S/C24H26F3N5O4/c25-24(26,27)36-16-4-5-17(18(28)12-16)22(33)31-8-6-15(7-9-31)32-19-11-14(20-3-1-2-10-35-20)13-29-21(19)30-23(32)34/h4-5,11-13,15,20H,1-3,6-10,28H2,(H,29,30,34). The van der Waals surface area contributed by atoms with E-state index in [1.807, 2.05) is 6.07 Å². The van der Waals surface area contributed by atoms with Crippen LogP contribution >= 0.6 is 0 Å². The molecular weight excluding hydrogens is 479 g/mol. The maximum Gasteiger partial charge on any atom is 0.573 e. The summed E-state index contributed by atoms with van der Waals surface area (Å²) in [6.07, 6.45) is 0.944. The molecule has 2 aliphatic heterocycles. The van der Waals surface area contributed by atoms with Gasteiger partial charge in [-0.2, -0.15) is 0 Å². The first-order valence-corrected chi connectivity index (χ1v) is 11.9. The number of alkyl halides is 3. The van der Waals surface area contributed by atoms with Gasteiger partial charge < -0.3 is 20.1 Å². The number of rotatable bonds is 4. The number of H-pyrrole nitrogens is 1. The molecule has 2 aromatic heterocycles. The number of carbonyl (C=O) groups is 1. The van der Waals surface area contributed by atoms with Crippen molar-refractivity contribution in [1.82, 2.24) is 19.4 Å². The molecule has 0 spiro atoms. The number of amides is 1. The maximum atomic E-state index is 13.0. The van der Waals surface area contributed by atoms with Gasteiger partial charge in [-0.15, -0.1) is 13.2 Å². The van der Waals surface area contributed by atoms with Gasteiger partial charge in [0.25, 0.3) is 5.91 Å². The minimum atomic E-state index is -4.85. The fourth-order valence-corrected chi connectivity index (χ4v) is 4.99. The zero-order valence-corrected chi connectivity index (χ0v) is 19.4. The Morgan fingerprint density at radius 3 is 2.61 bits per heavy atom. The van der Waals surface area contributed by atoms with Crippen LogP contribution in [0.5, 0.6) is 5.75 Å². The van der Waals surface area contributed by atoms with Crippen LogP contribution in [0.4, 0.5) is 18.9 Å². The van der Waals surface area contributed by atoms with E-state index in [1.165, 1.54) is 6.07 Å². The van der Waals surface area contributed by atoms with E-state index < -0.39 is 12.1 Å². The SMILES string of the molecule is Nc1cc(OC(F)(F)F)ccc1C(=O)N1CCC(n2c(=O)[nH]c3ncc(C4CCCCO4)cc32)CC1. The summed E-state index contributed by atoms with van der Waals surface area (Å²) in [5.41, 5.74) is 7.76. The van der Waals surface area contributed by atoms with Crippen molar-refractivity contribution in [3.8, 4) is 5.75 Å². The number of ether oxygens (including phenoxy) is 2. The van der Waals surface area contributed by atoms with Crippen LogP contribution in [-0.2, 0) is 4.74 Å². The fourth-order valence-electron chi connectivity index (χ4n) is 4.99. The summed E-state index contributed by atoms with van der Waals surface area (Å²) in [5.74, 6) is -0.866. The molecule has 3 aromatic rings. The Hall–Kier alpha value is -3.54. The van der Waals surface area contributed by atoms with Crippen LogP contribution in [0, 0.1) is 0 Å². The predicted octanol–water partition coefficient (Wildman–Crippen LogP) is 3.92. The highest BCUT2D eigenvalue weighted by atomic mass is 19.4. The molecule has 1 aromatic carbocycles. The molecule has 1 amide bonds. The number of aromatic nitrogens is 3. The normalized spacial score (nSPS) is 19.5. The molecule has 9 nitrogen and oxygen atoms in total. The molecule has 12 heteroatoms. The van der Waals surface area contributed by atoms with Crippen LogP contribution in [0.25, 0.3) is 11.2 Å². The number of fused-ring (bicyclic) bond motifs is 1. The molecular formula is C24H26F3N5O4. The first kappa shape index (κ1) is 24.2. The number of hydrogen-bond donors (Lipinski definition) is 2. The average molecular weight is 505 g/mol. The molecule has 1 atom stereocenters. The van der Waals surface area contributed by atoms with E-state index in [2.05, 4.69) is 14.7 Å². The summed E-state index contributed by atoms with van der Waals surface area (Å²) < 4.78 is 48.8. The number of nitrogens with one attached hydrogen (secondary N) is 1. The number of hydrogen-bond acceptors (Lipinski definition) is 6. The highest BCUT2D eigenvalue weighted by molar-refractivity contribution is 5.99. The van der Waals surface area contributed by atoms with Crippen molar-refractivity contribution >= 4 is 22.8 Å². The molecule has 0 radical (unpaired) electrons. The van der Waals surface area contributed by atoms with Gasteiger partial charge >= 0.3 is 12.1 Å². The Morgan fingerprint density at radius 1 is 1.17 bits per heavy atom. The molecule has 1 unspecified atom stereocenters. The third kappa shape index (κ3) is 4.90. The number of piperidine rings is 1.